The topological polar surface area (TPSA) is 32.3 Å². The van der Waals surface area contributed by atoms with E-state index in [9.17, 15) is 4.21 Å². The molecule has 0 aliphatic carbocycles. The summed E-state index contributed by atoms with van der Waals surface area (Å²) in [6, 6.07) is 1.80. The van der Waals surface area contributed by atoms with Crippen LogP contribution in [0.25, 0.3) is 0 Å². The molecule has 4 atom stereocenters. The highest BCUT2D eigenvalue weighted by Gasteiger charge is 2.42. The van der Waals surface area contributed by atoms with Gasteiger partial charge in [0.05, 0.1) is 11.0 Å². The molecule has 2 heterocycles. The van der Waals surface area contributed by atoms with Gasteiger partial charge in [0.15, 0.2) is 0 Å². The molecule has 2 bridgehead atoms. The monoisotopic (exact) mass is 216 g/mol. The number of fused-ring (bicyclic) bond motifs is 2. The summed E-state index contributed by atoms with van der Waals surface area (Å²) in [7, 11) is 1.32. The average molecular weight is 216 g/mol. The lowest BCUT2D eigenvalue weighted by molar-refractivity contribution is 0.221. The van der Waals surface area contributed by atoms with Gasteiger partial charge in [-0.15, -0.1) is 0 Å². The number of rotatable bonds is 3. The van der Waals surface area contributed by atoms with Gasteiger partial charge in [0.25, 0.3) is 0 Å². The first-order valence-electron chi connectivity index (χ1n) is 5.60. The summed E-state index contributed by atoms with van der Waals surface area (Å²) in [5, 5.41) is 3.36. The van der Waals surface area contributed by atoms with E-state index in [2.05, 4.69) is 9.62 Å². The molecule has 4 heteroatoms. The highest BCUT2D eigenvalue weighted by Crippen LogP contribution is 2.36. The lowest BCUT2D eigenvalue weighted by Crippen LogP contribution is -2.49. The minimum absolute atomic E-state index is 0.576. The number of nitrogens with one attached hydrogen (secondary N) is 1. The average Bonchev–Trinajstić information content (AvgIpc) is 2.48. The van der Waals surface area contributed by atoms with E-state index < -0.39 is 11.0 Å². The number of hydrogen-bond acceptors (Lipinski definition) is 2. The quantitative estimate of drug-likeness (QED) is 0.760. The molecule has 2 rings (SSSR count). The molecule has 0 aromatic heterocycles. The Hall–Kier alpha value is 0.0700. The maximum atomic E-state index is 11.8. The van der Waals surface area contributed by atoms with Gasteiger partial charge in [-0.25, -0.2) is 8.51 Å². The maximum absolute atomic E-state index is 11.8. The number of nitrogens with zero attached hydrogens (tertiary/aromatic N) is 1. The molecule has 0 spiro atoms. The van der Waals surface area contributed by atoms with E-state index in [1.54, 1.807) is 0 Å². The van der Waals surface area contributed by atoms with Crippen molar-refractivity contribution in [3.63, 3.8) is 0 Å². The molecule has 14 heavy (non-hydrogen) atoms. The smallest absolute Gasteiger partial charge is 0.0944 e. The predicted octanol–water partition coefficient (Wildman–Crippen LogP) is 0.885. The third-order valence-corrected chi connectivity index (χ3v) is 5.12. The largest absolute Gasteiger partial charge is 0.317 e. The Bertz CT molecular complexity index is 220. The van der Waals surface area contributed by atoms with Crippen molar-refractivity contribution in [1.29, 1.82) is 0 Å². The van der Waals surface area contributed by atoms with Gasteiger partial charge in [-0.2, -0.15) is 0 Å². The van der Waals surface area contributed by atoms with Crippen molar-refractivity contribution in [2.24, 2.45) is 0 Å². The highest BCUT2D eigenvalue weighted by atomic mass is 32.2. The summed E-state index contributed by atoms with van der Waals surface area (Å²) in [4.78, 5) is 0. The first-order chi connectivity index (χ1) is 6.76. The molecule has 1 N–H and O–H groups in total. The molecule has 3 nitrogen and oxygen atoms in total. The van der Waals surface area contributed by atoms with Gasteiger partial charge >= 0.3 is 0 Å². The van der Waals surface area contributed by atoms with Crippen molar-refractivity contribution in [3.8, 4) is 0 Å². The standard InChI is InChI=1S/C10H20N2OS/c1-3-14(13)12-9-4-5-10(12)7-8(6-9)11-2/h8-11H,3-7H2,1-2H3/t8?,9-,10+,14?. The Morgan fingerprint density at radius 2 is 1.93 bits per heavy atom. The third-order valence-electron chi connectivity index (χ3n) is 3.56. The van der Waals surface area contributed by atoms with Crippen LogP contribution < -0.4 is 5.32 Å². The lowest BCUT2D eigenvalue weighted by atomic mass is 10.0. The maximum Gasteiger partial charge on any atom is 0.0944 e. The van der Waals surface area contributed by atoms with Crippen LogP contribution in [0, 0.1) is 0 Å². The van der Waals surface area contributed by atoms with Crippen molar-refractivity contribution in [3.05, 3.63) is 0 Å². The fourth-order valence-electron chi connectivity index (χ4n) is 2.85. The van der Waals surface area contributed by atoms with Crippen LogP contribution in [-0.2, 0) is 11.0 Å². The summed E-state index contributed by atoms with van der Waals surface area (Å²) in [6.45, 7) is 2.01. The molecular weight excluding hydrogens is 196 g/mol. The minimum atomic E-state index is -0.722. The van der Waals surface area contributed by atoms with Gasteiger partial charge in [0.1, 0.15) is 0 Å². The van der Waals surface area contributed by atoms with Crippen LogP contribution >= 0.6 is 0 Å². The van der Waals surface area contributed by atoms with Crippen LogP contribution in [0.3, 0.4) is 0 Å². The zero-order chi connectivity index (χ0) is 10.1. The van der Waals surface area contributed by atoms with E-state index in [0.29, 0.717) is 18.1 Å². The van der Waals surface area contributed by atoms with Gasteiger partial charge in [-0.05, 0) is 32.7 Å². The van der Waals surface area contributed by atoms with E-state index in [4.69, 9.17) is 0 Å². The van der Waals surface area contributed by atoms with Gasteiger partial charge in [0.2, 0.25) is 0 Å². The highest BCUT2D eigenvalue weighted by molar-refractivity contribution is 7.82. The van der Waals surface area contributed by atoms with Crippen molar-refractivity contribution in [1.82, 2.24) is 9.62 Å². The van der Waals surface area contributed by atoms with Crippen LogP contribution in [0.15, 0.2) is 0 Å². The molecule has 0 saturated carbocycles. The van der Waals surface area contributed by atoms with Crippen LogP contribution in [0.1, 0.15) is 32.6 Å². The van der Waals surface area contributed by atoms with Crippen molar-refractivity contribution in [2.75, 3.05) is 12.8 Å². The fourth-order valence-corrected chi connectivity index (χ4v) is 4.20. The molecule has 2 saturated heterocycles. The Labute approximate surface area is 88.8 Å². The SMILES string of the molecule is CCS(=O)N1[C@@H]2CC[C@H]1CC(NC)C2. The minimum Gasteiger partial charge on any atom is -0.317 e. The first-order valence-corrected chi connectivity index (χ1v) is 6.88. The van der Waals surface area contributed by atoms with Crippen LogP contribution in [0.2, 0.25) is 0 Å². The molecule has 82 valence electrons. The van der Waals surface area contributed by atoms with E-state index >= 15 is 0 Å². The second-order valence-electron chi connectivity index (χ2n) is 4.31. The lowest BCUT2D eigenvalue weighted by Gasteiger charge is -2.37. The summed E-state index contributed by atoms with van der Waals surface area (Å²) in [5.41, 5.74) is 0. The number of hydrogen-bond donors (Lipinski definition) is 1. The summed E-state index contributed by atoms with van der Waals surface area (Å²) in [6.07, 6.45) is 4.85. The van der Waals surface area contributed by atoms with Gasteiger partial charge < -0.3 is 5.32 Å². The van der Waals surface area contributed by atoms with Crippen molar-refractivity contribution < 1.29 is 4.21 Å². The van der Waals surface area contributed by atoms with Crippen LogP contribution in [0.4, 0.5) is 0 Å². The summed E-state index contributed by atoms with van der Waals surface area (Å²) >= 11 is 0. The molecule has 2 aliphatic heterocycles. The molecule has 0 amide bonds. The predicted molar refractivity (Wildman–Crippen MR) is 59.4 cm³/mol. The summed E-state index contributed by atoms with van der Waals surface area (Å²) in [5.74, 6) is 0.775. The van der Waals surface area contributed by atoms with E-state index in [1.165, 1.54) is 25.7 Å². The van der Waals surface area contributed by atoms with Crippen molar-refractivity contribution in [2.45, 2.75) is 50.7 Å². The molecule has 2 aliphatic rings. The molecule has 2 fully saturated rings. The normalized spacial score (nSPS) is 40.0. The molecule has 0 aromatic carbocycles. The van der Waals surface area contributed by atoms with E-state index in [0.717, 1.165) is 5.75 Å². The second-order valence-corrected chi connectivity index (χ2v) is 5.95. The first kappa shape index (κ1) is 10.6. The van der Waals surface area contributed by atoms with Gasteiger partial charge in [0, 0.05) is 23.9 Å². The van der Waals surface area contributed by atoms with E-state index in [1.807, 2.05) is 14.0 Å². The molecule has 2 unspecified atom stereocenters. The number of piperidine rings is 1. The third kappa shape index (κ3) is 1.75. The fraction of sp³-hybridized carbons (Fsp3) is 1.00. The zero-order valence-electron chi connectivity index (χ0n) is 9.03. The van der Waals surface area contributed by atoms with Crippen LogP contribution in [-0.4, -0.2) is 39.4 Å². The molecule has 0 radical (unpaired) electrons. The van der Waals surface area contributed by atoms with Crippen LogP contribution in [0.5, 0.6) is 0 Å². The second kappa shape index (κ2) is 4.29. The van der Waals surface area contributed by atoms with Crippen molar-refractivity contribution >= 4 is 11.0 Å². The zero-order valence-corrected chi connectivity index (χ0v) is 9.85. The molecule has 0 aromatic rings. The summed E-state index contributed by atoms with van der Waals surface area (Å²) < 4.78 is 14.1. The Balaban J connectivity index is 2.06. The Kier molecular flexibility index (Phi) is 3.24. The Morgan fingerprint density at radius 3 is 2.36 bits per heavy atom. The van der Waals surface area contributed by atoms with Gasteiger partial charge in [-0.3, -0.25) is 0 Å². The van der Waals surface area contributed by atoms with E-state index in [-0.39, 0.29) is 0 Å². The Morgan fingerprint density at radius 1 is 1.36 bits per heavy atom. The van der Waals surface area contributed by atoms with Gasteiger partial charge in [-0.1, -0.05) is 6.92 Å². The molecular formula is C10H20N2OS.